The van der Waals surface area contributed by atoms with Gasteiger partial charge in [0, 0.05) is 43.5 Å². The van der Waals surface area contributed by atoms with Crippen LogP contribution in [0.4, 0.5) is 10.1 Å². The predicted molar refractivity (Wildman–Crippen MR) is 106 cm³/mol. The Morgan fingerprint density at radius 1 is 1.29 bits per heavy atom. The standard InChI is InChI=1S/C22H24FN3O2/c1-3-20(27)25-22-17-12-24-11-16(15(17)6-7-18(22)23)13-4-8-19-14(10-13)5-9-21(28)26(19)2/h4,8,10-12,18,22H,3,5-7,9H2,1-2H3,(H,25,27)/t18-,22?/m0/s1. The number of anilines is 1. The van der Waals surface area contributed by atoms with Crippen molar-refractivity contribution in [2.75, 3.05) is 11.9 Å². The number of benzene rings is 1. The third kappa shape index (κ3) is 3.17. The number of aromatic nitrogens is 1. The Morgan fingerprint density at radius 2 is 2.11 bits per heavy atom. The fourth-order valence-corrected chi connectivity index (χ4v) is 4.21. The molecular weight excluding hydrogens is 357 g/mol. The minimum atomic E-state index is -1.11. The second-order valence-corrected chi connectivity index (χ2v) is 7.50. The molecule has 1 aromatic heterocycles. The number of alkyl halides is 1. The summed E-state index contributed by atoms with van der Waals surface area (Å²) < 4.78 is 14.6. The van der Waals surface area contributed by atoms with E-state index < -0.39 is 12.2 Å². The van der Waals surface area contributed by atoms with Gasteiger partial charge in [0.05, 0.1) is 6.04 Å². The van der Waals surface area contributed by atoms with E-state index in [0.29, 0.717) is 25.7 Å². The number of hydrogen-bond acceptors (Lipinski definition) is 3. The van der Waals surface area contributed by atoms with Gasteiger partial charge in [0.15, 0.2) is 0 Å². The molecule has 146 valence electrons. The molecule has 2 heterocycles. The van der Waals surface area contributed by atoms with Crippen LogP contribution < -0.4 is 10.2 Å². The first-order valence-electron chi connectivity index (χ1n) is 9.79. The van der Waals surface area contributed by atoms with Crippen LogP contribution in [0.2, 0.25) is 0 Å². The molecule has 0 bridgehead atoms. The molecule has 0 saturated carbocycles. The van der Waals surface area contributed by atoms with E-state index in [1.165, 1.54) is 0 Å². The van der Waals surface area contributed by atoms with Crippen LogP contribution >= 0.6 is 0 Å². The van der Waals surface area contributed by atoms with E-state index in [1.807, 2.05) is 18.3 Å². The van der Waals surface area contributed by atoms with Crippen LogP contribution in [0.5, 0.6) is 0 Å². The molecule has 1 aromatic carbocycles. The van der Waals surface area contributed by atoms with E-state index in [1.54, 1.807) is 25.1 Å². The first-order chi connectivity index (χ1) is 13.5. The number of nitrogens with one attached hydrogen (secondary N) is 1. The van der Waals surface area contributed by atoms with Crippen molar-refractivity contribution >= 4 is 17.5 Å². The molecule has 0 fully saturated rings. The molecule has 0 spiro atoms. The fraction of sp³-hybridized carbons (Fsp3) is 0.409. The summed E-state index contributed by atoms with van der Waals surface area (Å²) in [7, 11) is 1.80. The normalized spacial score (nSPS) is 21.1. The molecule has 2 aliphatic rings. The maximum atomic E-state index is 14.6. The summed E-state index contributed by atoms with van der Waals surface area (Å²) in [6.07, 6.45) is 4.92. The average molecular weight is 381 g/mol. The zero-order valence-corrected chi connectivity index (χ0v) is 16.2. The van der Waals surface area contributed by atoms with Crippen molar-refractivity contribution in [1.29, 1.82) is 0 Å². The molecule has 28 heavy (non-hydrogen) atoms. The molecular formula is C22H24FN3O2. The number of amides is 2. The van der Waals surface area contributed by atoms with Gasteiger partial charge < -0.3 is 10.2 Å². The highest BCUT2D eigenvalue weighted by atomic mass is 19.1. The molecule has 2 atom stereocenters. The molecule has 4 rings (SSSR count). The molecule has 1 aliphatic carbocycles. The van der Waals surface area contributed by atoms with Crippen LogP contribution in [0.1, 0.15) is 48.9 Å². The molecule has 2 aromatic rings. The molecule has 2 amide bonds. The van der Waals surface area contributed by atoms with Gasteiger partial charge in [-0.25, -0.2) is 4.39 Å². The SMILES string of the molecule is CCC(=O)NC1c2cncc(-c3ccc4c(c3)CCC(=O)N4C)c2CC[C@@H]1F. The zero-order valence-electron chi connectivity index (χ0n) is 16.2. The monoisotopic (exact) mass is 381 g/mol. The van der Waals surface area contributed by atoms with Crippen molar-refractivity contribution in [3.63, 3.8) is 0 Å². The smallest absolute Gasteiger partial charge is 0.227 e. The minimum absolute atomic E-state index is 0.127. The topological polar surface area (TPSA) is 62.3 Å². The summed E-state index contributed by atoms with van der Waals surface area (Å²) in [5, 5.41) is 2.82. The number of hydrogen-bond donors (Lipinski definition) is 1. The number of pyridine rings is 1. The van der Waals surface area contributed by atoms with Gasteiger partial charge in [-0.05, 0) is 53.6 Å². The van der Waals surface area contributed by atoms with Gasteiger partial charge in [-0.2, -0.15) is 0 Å². The van der Waals surface area contributed by atoms with E-state index in [9.17, 15) is 14.0 Å². The number of nitrogens with zero attached hydrogens (tertiary/aromatic N) is 2. The Labute approximate surface area is 164 Å². The number of fused-ring (bicyclic) bond motifs is 2. The summed E-state index contributed by atoms with van der Waals surface area (Å²) >= 11 is 0. The van der Waals surface area contributed by atoms with Gasteiger partial charge in [0.1, 0.15) is 6.17 Å². The van der Waals surface area contributed by atoms with Gasteiger partial charge in [-0.15, -0.1) is 0 Å². The lowest BCUT2D eigenvalue weighted by molar-refractivity contribution is -0.122. The van der Waals surface area contributed by atoms with E-state index in [0.717, 1.165) is 39.9 Å². The summed E-state index contributed by atoms with van der Waals surface area (Å²) in [6, 6.07) is 5.42. The van der Waals surface area contributed by atoms with Crippen LogP contribution in [-0.4, -0.2) is 30.0 Å². The molecule has 1 unspecified atom stereocenters. The third-order valence-corrected chi connectivity index (χ3v) is 5.83. The summed E-state index contributed by atoms with van der Waals surface area (Å²) in [6.45, 7) is 1.76. The second kappa shape index (κ2) is 7.34. The summed E-state index contributed by atoms with van der Waals surface area (Å²) in [4.78, 5) is 29.9. The Morgan fingerprint density at radius 3 is 2.89 bits per heavy atom. The van der Waals surface area contributed by atoms with Crippen LogP contribution in [0.15, 0.2) is 30.6 Å². The lowest BCUT2D eigenvalue weighted by atomic mass is 9.83. The Kier molecular flexibility index (Phi) is 4.87. The van der Waals surface area contributed by atoms with Crippen LogP contribution in [0.3, 0.4) is 0 Å². The average Bonchev–Trinajstić information content (AvgIpc) is 2.72. The van der Waals surface area contributed by atoms with E-state index >= 15 is 0 Å². The molecule has 0 radical (unpaired) electrons. The molecule has 5 nitrogen and oxygen atoms in total. The van der Waals surface area contributed by atoms with Crippen LogP contribution in [-0.2, 0) is 22.4 Å². The lowest BCUT2D eigenvalue weighted by Crippen LogP contribution is -2.37. The lowest BCUT2D eigenvalue weighted by Gasteiger charge is -2.31. The first kappa shape index (κ1) is 18.6. The Hall–Kier alpha value is -2.76. The van der Waals surface area contributed by atoms with Crippen LogP contribution in [0.25, 0.3) is 11.1 Å². The van der Waals surface area contributed by atoms with Gasteiger partial charge in [0.25, 0.3) is 0 Å². The highest BCUT2D eigenvalue weighted by Gasteiger charge is 2.32. The quantitative estimate of drug-likeness (QED) is 0.885. The minimum Gasteiger partial charge on any atom is -0.346 e. The van der Waals surface area contributed by atoms with Gasteiger partial charge in [-0.3, -0.25) is 14.6 Å². The maximum absolute atomic E-state index is 14.6. The molecule has 1 N–H and O–H groups in total. The molecule has 6 heteroatoms. The highest BCUT2D eigenvalue weighted by Crippen LogP contribution is 2.39. The predicted octanol–water partition coefficient (Wildman–Crippen LogP) is 3.51. The first-order valence-corrected chi connectivity index (χ1v) is 9.79. The van der Waals surface area contributed by atoms with Gasteiger partial charge in [0.2, 0.25) is 11.8 Å². The largest absolute Gasteiger partial charge is 0.346 e. The maximum Gasteiger partial charge on any atom is 0.227 e. The number of rotatable bonds is 3. The Balaban J connectivity index is 1.75. The van der Waals surface area contributed by atoms with Crippen molar-refractivity contribution in [2.45, 2.75) is 51.2 Å². The summed E-state index contributed by atoms with van der Waals surface area (Å²) in [5.74, 6) is -0.0325. The van der Waals surface area contributed by atoms with Crippen molar-refractivity contribution in [2.24, 2.45) is 0 Å². The van der Waals surface area contributed by atoms with Crippen LogP contribution in [0, 0.1) is 0 Å². The van der Waals surface area contributed by atoms with E-state index in [2.05, 4.69) is 16.4 Å². The number of carbonyl (C=O) groups excluding carboxylic acids is 2. The Bertz CT molecular complexity index is 943. The molecule has 1 aliphatic heterocycles. The number of aryl methyl sites for hydroxylation is 1. The van der Waals surface area contributed by atoms with E-state index in [4.69, 9.17) is 0 Å². The van der Waals surface area contributed by atoms with Crippen molar-refractivity contribution in [3.8, 4) is 11.1 Å². The number of carbonyl (C=O) groups is 2. The summed E-state index contributed by atoms with van der Waals surface area (Å²) in [5.41, 5.74) is 5.88. The van der Waals surface area contributed by atoms with Crippen molar-refractivity contribution in [3.05, 3.63) is 47.3 Å². The van der Waals surface area contributed by atoms with Gasteiger partial charge >= 0.3 is 0 Å². The third-order valence-electron chi connectivity index (χ3n) is 5.83. The van der Waals surface area contributed by atoms with Gasteiger partial charge in [-0.1, -0.05) is 13.0 Å². The highest BCUT2D eigenvalue weighted by molar-refractivity contribution is 5.96. The van der Waals surface area contributed by atoms with Crippen molar-refractivity contribution in [1.82, 2.24) is 10.3 Å². The number of halogens is 1. The second-order valence-electron chi connectivity index (χ2n) is 7.50. The zero-order chi connectivity index (χ0) is 19.8. The fourth-order valence-electron chi connectivity index (χ4n) is 4.21. The molecule has 0 saturated heterocycles. The van der Waals surface area contributed by atoms with E-state index in [-0.39, 0.29) is 11.8 Å². The van der Waals surface area contributed by atoms with Crippen molar-refractivity contribution < 1.29 is 14.0 Å².